The number of fused-ring (bicyclic) bond motifs is 2. The Labute approximate surface area is 464 Å². The number of carbonyl (C=O) groups is 4. The van der Waals surface area contributed by atoms with Crippen LogP contribution in [-0.4, -0.2) is 115 Å². The molecular formula is C65H76N8O6. The Morgan fingerprint density at radius 1 is 0.582 bits per heavy atom. The Hall–Kier alpha value is -6.96. The molecule has 1 unspecified atom stereocenters. The molecule has 2 saturated carbocycles. The fraction of sp³-hybridized carbons (Fsp3) is 0.508. The van der Waals surface area contributed by atoms with Crippen molar-refractivity contribution in [2.24, 2.45) is 17.8 Å². The van der Waals surface area contributed by atoms with Crippen LogP contribution in [0.3, 0.4) is 0 Å². The number of aromatic nitrogens is 4. The van der Waals surface area contributed by atoms with E-state index >= 15 is 0 Å². The quantitative estimate of drug-likeness (QED) is 0.155. The molecular weight excluding hydrogens is 989 g/mol. The van der Waals surface area contributed by atoms with E-state index in [-0.39, 0.29) is 36.0 Å². The van der Waals surface area contributed by atoms with Crippen LogP contribution < -0.4 is 0 Å². The van der Waals surface area contributed by atoms with Crippen LogP contribution in [0.2, 0.25) is 0 Å². The standard InChI is InChI=1S/C65H76N8O6/c1-39-32-47-19-17-40(33-50(47)42-20-25-44(26-21-42)52-37-66-60(68-52)58-35-48-10-4-6-12-54(48)72(58)62(74)56-14-8-30-70(56)64(76)78-2)16-18-41-24-29-46(39)34-51(41)43-22-27-45(28-23-43)53-38-67-61(69-53)59-36-49-11-5-7-13-55(49)73(59)63(75)57-15-9-31-71(57)65(77)79-3/h17,20-29,33-34,37-39,47-49,54-59H,4-16,18-19,30-32,35-36H2,1-3H3,(H,66,68)(H,67,69)/t39-,47?,48+,49+,54+,55+,56+,57+,58+,59+/m1/s1. The van der Waals surface area contributed by atoms with Crippen molar-refractivity contribution in [3.63, 3.8) is 0 Å². The zero-order chi connectivity index (χ0) is 53.9. The topological polar surface area (TPSA) is 157 Å². The molecule has 412 valence electrons. The minimum atomic E-state index is -0.491. The van der Waals surface area contributed by atoms with Crippen LogP contribution in [0, 0.1) is 17.8 Å². The van der Waals surface area contributed by atoms with E-state index in [1.165, 1.54) is 66.0 Å². The summed E-state index contributed by atoms with van der Waals surface area (Å²) in [6.07, 6.45) is 25.4. The fourth-order valence-corrected chi connectivity index (χ4v) is 15.8. The third kappa shape index (κ3) is 9.58. The summed E-state index contributed by atoms with van der Waals surface area (Å²) in [7, 11) is 2.79. The highest BCUT2D eigenvalue weighted by Gasteiger charge is 2.51. The Morgan fingerprint density at radius 2 is 1.10 bits per heavy atom. The number of ether oxygens (including phenoxy) is 2. The molecule has 4 saturated heterocycles. The predicted octanol–water partition coefficient (Wildman–Crippen LogP) is 12.7. The van der Waals surface area contributed by atoms with Gasteiger partial charge in [0.1, 0.15) is 23.7 Å². The van der Waals surface area contributed by atoms with Crippen LogP contribution in [0.5, 0.6) is 0 Å². The van der Waals surface area contributed by atoms with Crippen molar-refractivity contribution in [2.45, 2.75) is 165 Å². The molecule has 2 aromatic heterocycles. The van der Waals surface area contributed by atoms with Gasteiger partial charge in [-0.25, -0.2) is 19.6 Å². The molecule has 0 radical (unpaired) electrons. The van der Waals surface area contributed by atoms with Crippen molar-refractivity contribution in [3.05, 3.63) is 125 Å². The summed E-state index contributed by atoms with van der Waals surface area (Å²) in [6.45, 7) is 3.47. The minimum absolute atomic E-state index is 0.0349. The smallest absolute Gasteiger partial charge is 0.410 e. The van der Waals surface area contributed by atoms with Crippen LogP contribution in [0.1, 0.15) is 162 Å². The number of aryl methyl sites for hydroxylation is 1. The van der Waals surface area contributed by atoms with Gasteiger partial charge >= 0.3 is 12.2 Å². The van der Waals surface area contributed by atoms with Crippen LogP contribution in [0.25, 0.3) is 39.2 Å². The number of aromatic amines is 2. The molecule has 6 heterocycles. The molecule has 5 aromatic rings. The Balaban J connectivity index is 0.701. The Bertz CT molecular complexity index is 3180. The number of carbonyl (C=O) groups excluding carboxylic acids is 4. The summed E-state index contributed by atoms with van der Waals surface area (Å²) in [4.78, 5) is 79.1. The number of benzene rings is 3. The van der Waals surface area contributed by atoms with Gasteiger partial charge in [-0.1, -0.05) is 117 Å². The maximum atomic E-state index is 14.5. The van der Waals surface area contributed by atoms with Crippen molar-refractivity contribution in [1.29, 1.82) is 0 Å². The first kappa shape index (κ1) is 51.5. The van der Waals surface area contributed by atoms with Crippen LogP contribution >= 0.6 is 0 Å². The Morgan fingerprint density at radius 3 is 1.65 bits per heavy atom. The molecule has 14 heteroatoms. The minimum Gasteiger partial charge on any atom is -0.453 e. The van der Waals surface area contributed by atoms with Gasteiger partial charge in [-0.15, -0.1) is 0 Å². The van der Waals surface area contributed by atoms with E-state index in [9.17, 15) is 19.2 Å². The molecule has 14 nitrogen and oxygen atoms in total. The van der Waals surface area contributed by atoms with Crippen LogP contribution in [0.15, 0.2) is 96.8 Å². The number of imidazole rings is 2. The van der Waals surface area contributed by atoms with Crippen LogP contribution in [-0.2, 0) is 25.5 Å². The Kier molecular flexibility index (Phi) is 14.1. The van der Waals surface area contributed by atoms with E-state index in [2.05, 4.69) is 106 Å². The van der Waals surface area contributed by atoms with E-state index in [1.807, 2.05) is 12.4 Å². The second-order valence-corrected chi connectivity index (χ2v) is 24.2. The molecule has 79 heavy (non-hydrogen) atoms. The SMILES string of the molecule is COC(=O)N1CCC[C@H]1C(=O)N1[C@H](c2ncc(-c3ccc(C4=CC5=CCC4C[C@@H](C)c4ccc(c(-c6ccc(-c7cnc([C@@H]8C[C@@H]9CCCC[C@@H]9N8C(=O)[C@@H]8CCCN8C(=O)OC)[nH]7)cc6)c4)CC5)cc3)[nH]2)C[C@@H]2CCCC[C@@H]21. The number of amides is 4. The van der Waals surface area contributed by atoms with Gasteiger partial charge in [0.15, 0.2) is 0 Å². The molecule has 10 atom stereocenters. The summed E-state index contributed by atoms with van der Waals surface area (Å²) in [5.74, 6) is 3.32. The van der Waals surface area contributed by atoms with Gasteiger partial charge in [0, 0.05) is 25.2 Å². The zero-order valence-electron chi connectivity index (χ0n) is 46.2. The number of methoxy groups -OCH3 is 2. The van der Waals surface area contributed by atoms with Gasteiger partial charge in [0.25, 0.3) is 0 Å². The number of hydrogen-bond donors (Lipinski definition) is 2. The lowest BCUT2D eigenvalue weighted by Gasteiger charge is -2.36. The first-order valence-corrected chi connectivity index (χ1v) is 29.8. The van der Waals surface area contributed by atoms with Crippen molar-refractivity contribution in [3.8, 4) is 33.6 Å². The van der Waals surface area contributed by atoms with Crippen molar-refractivity contribution < 1.29 is 28.7 Å². The van der Waals surface area contributed by atoms with E-state index in [0.29, 0.717) is 49.6 Å². The number of hydrogen-bond acceptors (Lipinski definition) is 8. The molecule has 6 fully saturated rings. The summed E-state index contributed by atoms with van der Waals surface area (Å²) in [5, 5.41) is 0. The van der Waals surface area contributed by atoms with Crippen molar-refractivity contribution >= 4 is 29.6 Å². The molecule has 7 aliphatic carbocycles. The summed E-state index contributed by atoms with van der Waals surface area (Å²) >= 11 is 0. The number of nitrogens with one attached hydrogen (secondary N) is 2. The van der Waals surface area contributed by atoms with Gasteiger partial charge in [-0.05, 0) is 158 Å². The number of allylic oxidation sites excluding steroid dienone is 4. The fourth-order valence-electron chi connectivity index (χ4n) is 15.8. The average Bonchev–Trinajstić information content (AvgIpc) is 4.44. The van der Waals surface area contributed by atoms with Crippen LogP contribution in [0.4, 0.5) is 9.59 Å². The second kappa shape index (κ2) is 21.6. The third-order valence-electron chi connectivity index (χ3n) is 19.9. The molecule has 11 aliphatic rings. The summed E-state index contributed by atoms with van der Waals surface area (Å²) in [5.41, 5.74) is 13.3. The zero-order valence-corrected chi connectivity index (χ0v) is 46.2. The van der Waals surface area contributed by atoms with Gasteiger partial charge < -0.3 is 29.2 Å². The highest BCUT2D eigenvalue weighted by Crippen LogP contribution is 2.49. The maximum absolute atomic E-state index is 14.5. The van der Waals surface area contributed by atoms with Gasteiger partial charge in [-0.3, -0.25) is 19.4 Å². The first-order valence-electron chi connectivity index (χ1n) is 29.8. The molecule has 0 spiro atoms. The van der Waals surface area contributed by atoms with Gasteiger partial charge in [-0.2, -0.15) is 0 Å². The highest BCUT2D eigenvalue weighted by molar-refractivity contribution is 5.88. The lowest BCUT2D eigenvalue weighted by atomic mass is 9.76. The predicted molar refractivity (Wildman–Crippen MR) is 303 cm³/mol. The molecule has 4 aliphatic heterocycles. The maximum Gasteiger partial charge on any atom is 0.410 e. The number of rotatable bonds is 8. The number of likely N-dealkylation sites (tertiary alicyclic amines) is 4. The van der Waals surface area contributed by atoms with Crippen molar-refractivity contribution in [1.82, 2.24) is 39.5 Å². The summed E-state index contributed by atoms with van der Waals surface area (Å²) in [6, 6.07) is 24.1. The molecule has 16 rings (SSSR count). The average molecular weight is 1070 g/mol. The normalized spacial score (nSPS) is 28.4. The largest absolute Gasteiger partial charge is 0.453 e. The number of nitrogens with zero attached hydrogens (tertiary/aromatic N) is 6. The highest BCUT2D eigenvalue weighted by atomic mass is 16.5. The van der Waals surface area contributed by atoms with Gasteiger partial charge in [0.05, 0.1) is 50.1 Å². The first-order chi connectivity index (χ1) is 38.6. The number of H-pyrrole nitrogens is 2. The molecule has 4 amide bonds. The van der Waals surface area contributed by atoms with Gasteiger partial charge in [0.2, 0.25) is 11.8 Å². The van der Waals surface area contributed by atoms with E-state index in [4.69, 9.17) is 19.4 Å². The second-order valence-electron chi connectivity index (χ2n) is 24.2. The third-order valence-corrected chi connectivity index (χ3v) is 19.9. The lowest BCUT2D eigenvalue weighted by molar-refractivity contribution is -0.140. The van der Waals surface area contributed by atoms with E-state index in [1.54, 1.807) is 9.80 Å². The van der Waals surface area contributed by atoms with E-state index in [0.717, 1.165) is 124 Å². The molecule has 2 N–H and O–H groups in total. The monoisotopic (exact) mass is 1060 g/mol. The summed E-state index contributed by atoms with van der Waals surface area (Å²) < 4.78 is 10.2. The van der Waals surface area contributed by atoms with Crippen molar-refractivity contribution in [2.75, 3.05) is 27.3 Å². The molecule has 3 aromatic carbocycles. The lowest BCUT2D eigenvalue weighted by Crippen LogP contribution is -2.51. The molecule has 4 bridgehead atoms. The van der Waals surface area contributed by atoms with E-state index < -0.39 is 24.3 Å².